The Labute approximate surface area is 100 Å². The van der Waals surface area contributed by atoms with Crippen LogP contribution in [0.25, 0.3) is 0 Å². The molecule has 94 valence electrons. The Balaban J connectivity index is 2.73. The van der Waals surface area contributed by atoms with Gasteiger partial charge in [0.2, 0.25) is 0 Å². The molecule has 0 radical (unpaired) electrons. The Hall–Kier alpha value is -1.62. The summed E-state index contributed by atoms with van der Waals surface area (Å²) in [5.74, 6) is 4.46. The first-order chi connectivity index (χ1) is 8.20. The number of hydrogen-bond donors (Lipinski definition) is 3. The fraction of sp³-hybridized carbons (Fsp3) is 0.500. The Morgan fingerprint density at radius 2 is 2.12 bits per heavy atom. The normalized spacial score (nSPS) is 10.2. The van der Waals surface area contributed by atoms with Crippen molar-refractivity contribution in [3.05, 3.63) is 33.7 Å². The van der Waals surface area contributed by atoms with Crippen molar-refractivity contribution in [1.29, 1.82) is 0 Å². The first kappa shape index (κ1) is 13.4. The molecule has 1 heterocycles. The fourth-order valence-electron chi connectivity index (χ4n) is 1.70. The van der Waals surface area contributed by atoms with Crippen molar-refractivity contribution >= 4 is 5.91 Å². The first-order valence-electron chi connectivity index (χ1n) is 5.91. The van der Waals surface area contributed by atoms with Crippen LogP contribution in [0.15, 0.2) is 17.2 Å². The van der Waals surface area contributed by atoms with Crippen molar-refractivity contribution in [3.63, 3.8) is 0 Å². The van der Waals surface area contributed by atoms with E-state index in [1.54, 1.807) is 6.20 Å². The number of carbonyl (C=O) groups excluding carboxylic acids is 1. The number of hydrazine groups is 1. The molecule has 1 rings (SSSR count). The Morgan fingerprint density at radius 3 is 2.76 bits per heavy atom. The molecule has 5 heteroatoms. The van der Waals surface area contributed by atoms with Crippen molar-refractivity contribution in [3.8, 4) is 0 Å². The van der Waals surface area contributed by atoms with Gasteiger partial charge in [0, 0.05) is 18.0 Å². The van der Waals surface area contributed by atoms with E-state index in [-0.39, 0.29) is 11.0 Å². The van der Waals surface area contributed by atoms with Gasteiger partial charge in [-0.05, 0) is 12.8 Å². The smallest absolute Gasteiger partial charge is 0.270 e. The third kappa shape index (κ3) is 3.71. The second kappa shape index (κ2) is 6.85. The minimum Gasteiger partial charge on any atom is -0.366 e. The number of hydrogen-bond acceptors (Lipinski definition) is 3. The quantitative estimate of drug-likeness (QED) is 0.299. The third-order valence-electron chi connectivity index (χ3n) is 2.70. The minimum atomic E-state index is -0.554. The van der Waals surface area contributed by atoms with E-state index in [2.05, 4.69) is 11.9 Å². The van der Waals surface area contributed by atoms with Crippen LogP contribution in [0.3, 0.4) is 0 Å². The van der Waals surface area contributed by atoms with Crippen LogP contribution in [0.4, 0.5) is 0 Å². The molecular formula is C12H19N3O2. The number of H-pyrrole nitrogens is 1. The minimum absolute atomic E-state index is 0.0699. The molecule has 0 aliphatic heterocycles. The summed E-state index contributed by atoms with van der Waals surface area (Å²) in [6.45, 7) is 2.14. The van der Waals surface area contributed by atoms with Crippen LogP contribution in [-0.2, 0) is 6.42 Å². The van der Waals surface area contributed by atoms with Crippen molar-refractivity contribution in [1.82, 2.24) is 10.4 Å². The predicted molar refractivity (Wildman–Crippen MR) is 66.6 cm³/mol. The topological polar surface area (TPSA) is 88.0 Å². The van der Waals surface area contributed by atoms with Crippen LogP contribution in [0.2, 0.25) is 0 Å². The van der Waals surface area contributed by atoms with E-state index < -0.39 is 5.91 Å². The zero-order chi connectivity index (χ0) is 12.7. The summed E-state index contributed by atoms with van der Waals surface area (Å²) in [5, 5.41) is 0. The zero-order valence-electron chi connectivity index (χ0n) is 10.1. The summed E-state index contributed by atoms with van der Waals surface area (Å²) in [5.41, 5.74) is 2.44. The largest absolute Gasteiger partial charge is 0.366 e. The molecule has 0 bridgehead atoms. The lowest BCUT2D eigenvalue weighted by Gasteiger charge is -2.03. The summed E-state index contributed by atoms with van der Waals surface area (Å²) in [6, 6.07) is 0. The number of nitrogens with one attached hydrogen (secondary N) is 2. The molecule has 0 saturated heterocycles. The van der Waals surface area contributed by atoms with E-state index in [0.29, 0.717) is 12.0 Å². The Bertz CT molecular complexity index is 426. The molecule has 17 heavy (non-hydrogen) atoms. The fourth-order valence-corrected chi connectivity index (χ4v) is 1.70. The third-order valence-corrected chi connectivity index (χ3v) is 2.70. The highest BCUT2D eigenvalue weighted by Gasteiger charge is 2.11. The van der Waals surface area contributed by atoms with Crippen LogP contribution >= 0.6 is 0 Å². The number of aryl methyl sites for hydroxylation is 1. The molecule has 0 spiro atoms. The van der Waals surface area contributed by atoms with Gasteiger partial charge in [-0.3, -0.25) is 15.0 Å². The van der Waals surface area contributed by atoms with E-state index in [4.69, 9.17) is 5.84 Å². The highest BCUT2D eigenvalue weighted by Crippen LogP contribution is 2.04. The highest BCUT2D eigenvalue weighted by molar-refractivity contribution is 5.93. The molecule has 0 aliphatic rings. The van der Waals surface area contributed by atoms with Gasteiger partial charge < -0.3 is 4.98 Å². The molecule has 0 aromatic carbocycles. The standard InChI is InChI=1S/C12H19N3O2/c1-2-3-4-5-6-9-7-14-8-10(11(9)16)12(17)15-13/h7-8H,2-6,13H2,1H3,(H,14,16)(H,15,17). The maximum absolute atomic E-state index is 11.9. The molecule has 0 unspecified atom stereocenters. The van der Waals surface area contributed by atoms with Gasteiger partial charge in [0.25, 0.3) is 5.91 Å². The zero-order valence-corrected chi connectivity index (χ0v) is 10.1. The average Bonchev–Trinajstić information content (AvgIpc) is 2.35. The molecule has 0 atom stereocenters. The maximum atomic E-state index is 11.9. The van der Waals surface area contributed by atoms with Gasteiger partial charge in [-0.25, -0.2) is 5.84 Å². The number of aromatic nitrogens is 1. The average molecular weight is 237 g/mol. The molecular weight excluding hydrogens is 218 g/mol. The van der Waals surface area contributed by atoms with Crippen LogP contribution in [0.5, 0.6) is 0 Å². The number of unbranched alkanes of at least 4 members (excludes halogenated alkanes) is 3. The lowest BCUT2D eigenvalue weighted by Crippen LogP contribution is -2.34. The van der Waals surface area contributed by atoms with Crippen molar-refractivity contribution in [2.24, 2.45) is 5.84 Å². The molecule has 4 N–H and O–H groups in total. The Morgan fingerprint density at radius 1 is 1.35 bits per heavy atom. The van der Waals surface area contributed by atoms with Crippen LogP contribution < -0.4 is 16.7 Å². The van der Waals surface area contributed by atoms with Crippen LogP contribution in [-0.4, -0.2) is 10.9 Å². The summed E-state index contributed by atoms with van der Waals surface area (Å²) >= 11 is 0. The molecule has 5 nitrogen and oxygen atoms in total. The van der Waals surface area contributed by atoms with E-state index in [9.17, 15) is 9.59 Å². The summed E-state index contributed by atoms with van der Waals surface area (Å²) in [7, 11) is 0. The van der Waals surface area contributed by atoms with Crippen LogP contribution in [0, 0.1) is 0 Å². The number of rotatable bonds is 6. The molecule has 1 aromatic rings. The van der Waals surface area contributed by atoms with Gasteiger partial charge in [0.15, 0.2) is 5.43 Å². The lowest BCUT2D eigenvalue weighted by molar-refractivity contribution is 0.0952. The molecule has 0 aliphatic carbocycles. The van der Waals surface area contributed by atoms with Gasteiger partial charge >= 0.3 is 0 Å². The predicted octanol–water partition coefficient (Wildman–Crippen LogP) is 1.10. The second-order valence-corrected chi connectivity index (χ2v) is 4.01. The van der Waals surface area contributed by atoms with Crippen molar-refractivity contribution in [2.75, 3.05) is 0 Å². The first-order valence-corrected chi connectivity index (χ1v) is 5.91. The maximum Gasteiger partial charge on any atom is 0.270 e. The van der Waals surface area contributed by atoms with Gasteiger partial charge in [0.05, 0.1) is 0 Å². The second-order valence-electron chi connectivity index (χ2n) is 4.01. The number of aromatic amines is 1. The van der Waals surface area contributed by atoms with Gasteiger partial charge in [-0.2, -0.15) is 0 Å². The highest BCUT2D eigenvalue weighted by atomic mass is 16.2. The summed E-state index contributed by atoms with van der Waals surface area (Å²) < 4.78 is 0. The molecule has 0 saturated carbocycles. The van der Waals surface area contributed by atoms with E-state index >= 15 is 0 Å². The molecule has 0 fully saturated rings. The van der Waals surface area contributed by atoms with Crippen molar-refractivity contribution in [2.45, 2.75) is 39.0 Å². The SMILES string of the molecule is CCCCCCc1c[nH]cc(C(=O)NN)c1=O. The van der Waals surface area contributed by atoms with E-state index in [0.717, 1.165) is 19.3 Å². The van der Waals surface area contributed by atoms with Gasteiger partial charge in [0.1, 0.15) is 5.56 Å². The van der Waals surface area contributed by atoms with E-state index in [1.165, 1.54) is 12.6 Å². The number of amides is 1. The van der Waals surface area contributed by atoms with Crippen LogP contribution in [0.1, 0.15) is 48.5 Å². The number of carbonyl (C=O) groups is 1. The number of nitrogens with two attached hydrogens (primary N) is 1. The monoisotopic (exact) mass is 237 g/mol. The lowest BCUT2D eigenvalue weighted by atomic mass is 10.1. The molecule has 1 amide bonds. The summed E-state index contributed by atoms with van der Waals surface area (Å²) in [4.78, 5) is 26.0. The van der Waals surface area contributed by atoms with Gasteiger partial charge in [-0.1, -0.05) is 26.2 Å². The van der Waals surface area contributed by atoms with Crippen molar-refractivity contribution < 1.29 is 4.79 Å². The van der Waals surface area contributed by atoms with E-state index in [1.807, 2.05) is 5.43 Å². The summed E-state index contributed by atoms with van der Waals surface area (Å²) in [6.07, 6.45) is 8.11. The Kier molecular flexibility index (Phi) is 5.42. The van der Waals surface area contributed by atoms with Gasteiger partial charge in [-0.15, -0.1) is 0 Å². The number of pyridine rings is 1. The molecule has 1 aromatic heterocycles. The number of nitrogen functional groups attached to an aromatic ring is 1.